The van der Waals surface area contributed by atoms with E-state index in [1.54, 1.807) is 0 Å². The predicted octanol–water partition coefficient (Wildman–Crippen LogP) is 7.23. The van der Waals surface area contributed by atoms with Gasteiger partial charge in [-0.15, -0.1) is 0 Å². The topological polar surface area (TPSA) is 29.5 Å². The van der Waals surface area contributed by atoms with Crippen LogP contribution in [-0.2, 0) is 13.0 Å². The van der Waals surface area contributed by atoms with Gasteiger partial charge in [0.1, 0.15) is 12.4 Å². The van der Waals surface area contributed by atoms with Crippen LogP contribution in [0.15, 0.2) is 78.9 Å². The van der Waals surface area contributed by atoms with E-state index in [0.29, 0.717) is 18.4 Å². The minimum absolute atomic E-state index is 0.354. The molecule has 0 heterocycles. The summed E-state index contributed by atoms with van der Waals surface area (Å²) in [5.41, 5.74) is 5.05. The molecule has 2 atom stereocenters. The third kappa shape index (κ3) is 4.91. The van der Waals surface area contributed by atoms with E-state index in [1.807, 2.05) is 24.3 Å². The summed E-state index contributed by atoms with van der Waals surface area (Å²) >= 11 is 0. The second-order valence-electron chi connectivity index (χ2n) is 9.71. The molecule has 5 rings (SSSR count). The number of aliphatic hydroxyl groups is 1. The Balaban J connectivity index is 1.20. The van der Waals surface area contributed by atoms with Gasteiger partial charge in [0.15, 0.2) is 0 Å². The van der Waals surface area contributed by atoms with E-state index in [9.17, 15) is 5.11 Å². The SMILES string of the molecule is OC1CC(C2CCC(c3ccccc3)CC2)CCc2cc(OCc3ccccc3)ccc21. The van der Waals surface area contributed by atoms with Crippen LogP contribution in [-0.4, -0.2) is 5.11 Å². The minimum atomic E-state index is -0.354. The van der Waals surface area contributed by atoms with Crippen LogP contribution in [0.2, 0.25) is 0 Å². The summed E-state index contributed by atoms with van der Waals surface area (Å²) in [4.78, 5) is 0. The van der Waals surface area contributed by atoms with Crippen LogP contribution in [0.5, 0.6) is 5.75 Å². The molecular weight excluding hydrogens is 392 g/mol. The molecule has 2 unspecified atom stereocenters. The number of aryl methyl sites for hydroxylation is 1. The lowest BCUT2D eigenvalue weighted by atomic mass is 9.71. The molecule has 0 bridgehead atoms. The van der Waals surface area contributed by atoms with Gasteiger partial charge in [0.2, 0.25) is 0 Å². The van der Waals surface area contributed by atoms with E-state index < -0.39 is 0 Å². The number of hydrogen-bond acceptors (Lipinski definition) is 2. The van der Waals surface area contributed by atoms with Gasteiger partial charge in [-0.3, -0.25) is 0 Å². The van der Waals surface area contributed by atoms with Gasteiger partial charge in [-0.1, -0.05) is 66.7 Å². The summed E-state index contributed by atoms with van der Waals surface area (Å²) in [5.74, 6) is 2.97. The van der Waals surface area contributed by atoms with Gasteiger partial charge in [-0.05, 0) is 97.1 Å². The van der Waals surface area contributed by atoms with Crippen LogP contribution < -0.4 is 4.74 Å². The second kappa shape index (κ2) is 9.92. The highest BCUT2D eigenvalue weighted by atomic mass is 16.5. The second-order valence-corrected chi connectivity index (χ2v) is 9.71. The Hall–Kier alpha value is -2.58. The largest absolute Gasteiger partial charge is 0.489 e. The summed E-state index contributed by atoms with van der Waals surface area (Å²) in [7, 11) is 0. The fourth-order valence-electron chi connectivity index (χ4n) is 5.90. The molecule has 0 spiro atoms. The van der Waals surface area contributed by atoms with Gasteiger partial charge in [0, 0.05) is 0 Å². The number of fused-ring (bicyclic) bond motifs is 1. The Bertz CT molecular complexity index is 990. The lowest BCUT2D eigenvalue weighted by Crippen LogP contribution is -2.22. The molecule has 0 radical (unpaired) electrons. The highest BCUT2D eigenvalue weighted by molar-refractivity contribution is 5.38. The molecule has 1 N–H and O–H groups in total. The van der Waals surface area contributed by atoms with Crippen LogP contribution in [0.3, 0.4) is 0 Å². The normalized spacial score (nSPS) is 25.5. The van der Waals surface area contributed by atoms with Crippen LogP contribution >= 0.6 is 0 Å². The van der Waals surface area contributed by atoms with Crippen LogP contribution in [0.4, 0.5) is 0 Å². The van der Waals surface area contributed by atoms with Crippen LogP contribution in [0.1, 0.15) is 72.8 Å². The maximum atomic E-state index is 11.0. The molecule has 2 nitrogen and oxygen atoms in total. The maximum Gasteiger partial charge on any atom is 0.120 e. The summed E-state index contributed by atoms with van der Waals surface area (Å²) in [5, 5.41) is 11.0. The van der Waals surface area contributed by atoms with Gasteiger partial charge >= 0.3 is 0 Å². The first-order chi connectivity index (χ1) is 15.8. The number of aliphatic hydroxyl groups excluding tert-OH is 1. The Kier molecular flexibility index (Phi) is 6.59. The van der Waals surface area contributed by atoms with E-state index in [2.05, 4.69) is 54.6 Å². The molecule has 166 valence electrons. The van der Waals surface area contributed by atoms with E-state index in [-0.39, 0.29) is 6.10 Å². The zero-order chi connectivity index (χ0) is 21.8. The van der Waals surface area contributed by atoms with Crippen molar-refractivity contribution in [3.63, 3.8) is 0 Å². The van der Waals surface area contributed by atoms with Crippen molar-refractivity contribution in [1.29, 1.82) is 0 Å². The third-order valence-electron chi connectivity index (χ3n) is 7.74. The quantitative estimate of drug-likeness (QED) is 0.436. The van der Waals surface area contributed by atoms with E-state index >= 15 is 0 Å². The van der Waals surface area contributed by atoms with Gasteiger partial charge in [0.25, 0.3) is 0 Å². The van der Waals surface area contributed by atoms with Gasteiger partial charge in [0.05, 0.1) is 6.10 Å². The molecule has 0 amide bonds. The van der Waals surface area contributed by atoms with Crippen molar-refractivity contribution >= 4 is 0 Å². The first-order valence-corrected chi connectivity index (χ1v) is 12.3. The van der Waals surface area contributed by atoms with Crippen molar-refractivity contribution in [1.82, 2.24) is 0 Å². The summed E-state index contributed by atoms with van der Waals surface area (Å²) in [6.45, 7) is 0.579. The molecule has 2 aliphatic rings. The molecular formula is C30H34O2. The van der Waals surface area contributed by atoms with E-state index in [4.69, 9.17) is 4.74 Å². The molecule has 3 aromatic carbocycles. The summed E-state index contributed by atoms with van der Waals surface area (Å²) in [6, 6.07) is 27.6. The lowest BCUT2D eigenvalue weighted by Gasteiger charge is -2.34. The molecule has 0 aromatic heterocycles. The molecule has 3 aromatic rings. The lowest BCUT2D eigenvalue weighted by molar-refractivity contribution is 0.112. The van der Waals surface area contributed by atoms with Gasteiger partial charge in [-0.25, -0.2) is 0 Å². The zero-order valence-electron chi connectivity index (χ0n) is 18.8. The third-order valence-corrected chi connectivity index (χ3v) is 7.74. The molecule has 32 heavy (non-hydrogen) atoms. The average Bonchev–Trinajstić information content (AvgIpc) is 3.02. The Morgan fingerprint density at radius 1 is 0.750 bits per heavy atom. The molecule has 2 heteroatoms. The standard InChI is InChI=1S/C30H34O2/c31-30-20-26(25-13-11-24(12-14-25)23-9-5-2-6-10-23)15-16-27-19-28(17-18-29(27)30)32-21-22-7-3-1-4-8-22/h1-10,17-19,24-26,30-31H,11-16,20-21H2. The predicted molar refractivity (Wildman–Crippen MR) is 130 cm³/mol. The van der Waals surface area contributed by atoms with Crippen molar-refractivity contribution in [3.8, 4) is 5.75 Å². The molecule has 1 saturated carbocycles. The molecule has 0 aliphatic heterocycles. The Morgan fingerprint density at radius 3 is 2.22 bits per heavy atom. The van der Waals surface area contributed by atoms with Gasteiger partial charge in [-0.2, -0.15) is 0 Å². The van der Waals surface area contributed by atoms with Crippen molar-refractivity contribution in [2.24, 2.45) is 11.8 Å². The fourth-order valence-corrected chi connectivity index (χ4v) is 5.90. The number of benzene rings is 3. The van der Waals surface area contributed by atoms with Gasteiger partial charge < -0.3 is 9.84 Å². The summed E-state index contributed by atoms with van der Waals surface area (Å²) < 4.78 is 6.05. The first kappa shape index (κ1) is 21.3. The van der Waals surface area contributed by atoms with E-state index in [1.165, 1.54) is 48.8 Å². The Labute approximate surface area is 192 Å². The maximum absolute atomic E-state index is 11.0. The number of ether oxygens (including phenoxy) is 1. The smallest absolute Gasteiger partial charge is 0.120 e. The Morgan fingerprint density at radius 2 is 1.47 bits per heavy atom. The van der Waals surface area contributed by atoms with Crippen molar-refractivity contribution in [3.05, 3.63) is 101 Å². The van der Waals surface area contributed by atoms with Crippen molar-refractivity contribution < 1.29 is 9.84 Å². The van der Waals surface area contributed by atoms with E-state index in [0.717, 1.165) is 30.1 Å². The molecule has 0 saturated heterocycles. The molecule has 2 aliphatic carbocycles. The first-order valence-electron chi connectivity index (χ1n) is 12.3. The molecule has 1 fully saturated rings. The highest BCUT2D eigenvalue weighted by Crippen LogP contribution is 2.44. The zero-order valence-corrected chi connectivity index (χ0v) is 18.8. The highest BCUT2D eigenvalue weighted by Gasteiger charge is 2.32. The average molecular weight is 427 g/mol. The number of hydrogen-bond donors (Lipinski definition) is 1. The van der Waals surface area contributed by atoms with Crippen LogP contribution in [0.25, 0.3) is 0 Å². The fraction of sp³-hybridized carbons (Fsp3) is 0.400. The van der Waals surface area contributed by atoms with Crippen molar-refractivity contribution in [2.45, 2.75) is 63.6 Å². The van der Waals surface area contributed by atoms with Crippen molar-refractivity contribution in [2.75, 3.05) is 0 Å². The minimum Gasteiger partial charge on any atom is -0.489 e. The summed E-state index contributed by atoms with van der Waals surface area (Å²) in [6.07, 6.45) is 7.91. The number of rotatable bonds is 5. The van der Waals surface area contributed by atoms with Crippen LogP contribution in [0, 0.1) is 11.8 Å². The monoisotopic (exact) mass is 426 g/mol.